The van der Waals surface area contributed by atoms with E-state index in [1.54, 1.807) is 18.2 Å². The molecule has 1 unspecified atom stereocenters. The fraction of sp³-hybridized carbons (Fsp3) is 0.312. The third-order valence-corrected chi connectivity index (χ3v) is 3.96. The molecular weight excluding hydrogens is 318 g/mol. The molecule has 1 atom stereocenters. The van der Waals surface area contributed by atoms with Crippen molar-refractivity contribution in [2.75, 3.05) is 25.1 Å². The molecule has 1 saturated heterocycles. The quantitative estimate of drug-likeness (QED) is 0.801. The number of hydrogen-bond acceptors (Lipinski definition) is 6. The summed E-state index contributed by atoms with van der Waals surface area (Å²) < 4.78 is 10.5. The summed E-state index contributed by atoms with van der Waals surface area (Å²) in [5.74, 6) is 0.904. The second kappa shape index (κ2) is 6.83. The maximum atomic E-state index is 11.4. The molecule has 1 aliphatic rings. The van der Waals surface area contributed by atoms with Crippen molar-refractivity contribution < 1.29 is 14.3 Å². The summed E-state index contributed by atoms with van der Waals surface area (Å²) in [6.45, 7) is 1.50. The third kappa shape index (κ3) is 3.53. The van der Waals surface area contributed by atoms with E-state index in [1.165, 1.54) is 7.11 Å². The zero-order valence-electron chi connectivity index (χ0n) is 12.6. The number of aromatic nitrogens is 2. The summed E-state index contributed by atoms with van der Waals surface area (Å²) in [6, 6.07) is 10.8. The van der Waals surface area contributed by atoms with Gasteiger partial charge in [0.25, 0.3) is 0 Å². The fourth-order valence-corrected chi connectivity index (χ4v) is 2.64. The minimum atomic E-state index is -0.495. The number of halogens is 1. The molecule has 2 aromatic rings. The molecule has 2 heterocycles. The van der Waals surface area contributed by atoms with Crippen LogP contribution < -0.4 is 9.64 Å². The number of carbonyl (C=O) groups excluding carboxylic acids is 1. The molecular formula is C16H16ClN3O3. The number of ether oxygens (including phenoxy) is 2. The average Bonchev–Trinajstić information content (AvgIpc) is 3.05. The molecule has 0 aliphatic carbocycles. The second-order valence-electron chi connectivity index (χ2n) is 5.17. The van der Waals surface area contributed by atoms with Gasteiger partial charge < -0.3 is 14.4 Å². The SMILES string of the molecule is COC(=O)c1ccc(N2CCC(Oc3ccccc3Cl)C2)nn1. The Morgan fingerprint density at radius 3 is 2.78 bits per heavy atom. The van der Waals surface area contributed by atoms with Gasteiger partial charge in [0.15, 0.2) is 11.5 Å². The summed E-state index contributed by atoms with van der Waals surface area (Å²) in [5.41, 5.74) is 0.194. The minimum absolute atomic E-state index is 0.0389. The van der Waals surface area contributed by atoms with Crippen molar-refractivity contribution in [1.82, 2.24) is 10.2 Å². The Morgan fingerprint density at radius 2 is 2.09 bits per heavy atom. The first-order valence-electron chi connectivity index (χ1n) is 7.25. The van der Waals surface area contributed by atoms with E-state index < -0.39 is 5.97 Å². The first kappa shape index (κ1) is 15.6. The van der Waals surface area contributed by atoms with Gasteiger partial charge in [-0.05, 0) is 24.3 Å². The van der Waals surface area contributed by atoms with Gasteiger partial charge in [0.05, 0.1) is 18.7 Å². The summed E-state index contributed by atoms with van der Waals surface area (Å²) in [5, 5.41) is 8.58. The van der Waals surface area contributed by atoms with Crippen LogP contribution in [0.3, 0.4) is 0 Å². The Bertz CT molecular complexity index is 693. The van der Waals surface area contributed by atoms with Crippen LogP contribution in [0.15, 0.2) is 36.4 Å². The number of rotatable bonds is 4. The molecule has 0 spiro atoms. The monoisotopic (exact) mass is 333 g/mol. The molecule has 23 heavy (non-hydrogen) atoms. The van der Waals surface area contributed by atoms with Crippen LogP contribution in [-0.4, -0.2) is 42.5 Å². The average molecular weight is 334 g/mol. The largest absolute Gasteiger partial charge is 0.487 e. The molecule has 120 valence electrons. The van der Waals surface area contributed by atoms with E-state index in [4.69, 9.17) is 16.3 Å². The molecule has 1 fully saturated rings. The highest BCUT2D eigenvalue weighted by Crippen LogP contribution is 2.27. The van der Waals surface area contributed by atoms with E-state index in [0.29, 0.717) is 23.1 Å². The number of esters is 1. The number of para-hydroxylation sites is 1. The number of methoxy groups -OCH3 is 1. The molecule has 0 N–H and O–H groups in total. The molecule has 6 nitrogen and oxygen atoms in total. The van der Waals surface area contributed by atoms with Gasteiger partial charge in [0.1, 0.15) is 11.9 Å². The number of nitrogens with zero attached hydrogens (tertiary/aromatic N) is 3. The van der Waals surface area contributed by atoms with Crippen LogP contribution in [0, 0.1) is 0 Å². The van der Waals surface area contributed by atoms with Crippen molar-refractivity contribution in [3.05, 3.63) is 47.1 Å². The zero-order chi connectivity index (χ0) is 16.2. The van der Waals surface area contributed by atoms with Crippen LogP contribution in [0.5, 0.6) is 5.75 Å². The van der Waals surface area contributed by atoms with E-state index in [1.807, 2.05) is 18.2 Å². The summed E-state index contributed by atoms with van der Waals surface area (Å²) >= 11 is 6.11. The Morgan fingerprint density at radius 1 is 1.26 bits per heavy atom. The van der Waals surface area contributed by atoms with E-state index in [-0.39, 0.29) is 11.8 Å². The van der Waals surface area contributed by atoms with Gasteiger partial charge in [-0.15, -0.1) is 10.2 Å². The van der Waals surface area contributed by atoms with E-state index >= 15 is 0 Å². The van der Waals surface area contributed by atoms with Crippen LogP contribution in [0.1, 0.15) is 16.9 Å². The highest BCUT2D eigenvalue weighted by atomic mass is 35.5. The molecule has 0 bridgehead atoms. The third-order valence-electron chi connectivity index (χ3n) is 3.64. The molecule has 7 heteroatoms. The van der Waals surface area contributed by atoms with Crippen LogP contribution in [0.4, 0.5) is 5.82 Å². The van der Waals surface area contributed by atoms with Crippen molar-refractivity contribution in [2.45, 2.75) is 12.5 Å². The lowest BCUT2D eigenvalue weighted by atomic mass is 10.3. The van der Waals surface area contributed by atoms with E-state index in [0.717, 1.165) is 13.0 Å². The van der Waals surface area contributed by atoms with Gasteiger partial charge in [0.2, 0.25) is 0 Å². The Hall–Kier alpha value is -2.34. The standard InChI is InChI=1S/C16H16ClN3O3/c1-22-16(21)13-6-7-15(19-18-13)20-9-8-11(10-20)23-14-5-3-2-4-12(14)17/h2-7,11H,8-10H2,1H3. The van der Waals surface area contributed by atoms with E-state index in [9.17, 15) is 4.79 Å². The zero-order valence-corrected chi connectivity index (χ0v) is 13.4. The van der Waals surface area contributed by atoms with Crippen molar-refractivity contribution >= 4 is 23.4 Å². The van der Waals surface area contributed by atoms with Gasteiger partial charge in [-0.1, -0.05) is 23.7 Å². The molecule has 1 aromatic carbocycles. The van der Waals surface area contributed by atoms with E-state index in [2.05, 4.69) is 19.8 Å². The maximum absolute atomic E-state index is 11.4. The highest BCUT2D eigenvalue weighted by Gasteiger charge is 2.26. The summed E-state index contributed by atoms with van der Waals surface area (Å²) in [6.07, 6.45) is 0.906. The Kier molecular flexibility index (Phi) is 4.62. The van der Waals surface area contributed by atoms with Crippen molar-refractivity contribution in [2.24, 2.45) is 0 Å². The Balaban J connectivity index is 1.63. The number of carbonyl (C=O) groups is 1. The van der Waals surface area contributed by atoms with Crippen LogP contribution in [-0.2, 0) is 4.74 Å². The van der Waals surface area contributed by atoms with Gasteiger partial charge in [-0.3, -0.25) is 0 Å². The topological polar surface area (TPSA) is 64.5 Å². The molecule has 1 aromatic heterocycles. The molecule has 1 aliphatic heterocycles. The molecule has 3 rings (SSSR count). The van der Waals surface area contributed by atoms with Gasteiger partial charge >= 0.3 is 5.97 Å². The number of hydrogen-bond donors (Lipinski definition) is 0. The first-order valence-corrected chi connectivity index (χ1v) is 7.63. The molecule has 0 amide bonds. The number of benzene rings is 1. The fourth-order valence-electron chi connectivity index (χ4n) is 2.46. The lowest BCUT2D eigenvalue weighted by Gasteiger charge is -2.18. The molecule has 0 saturated carbocycles. The second-order valence-corrected chi connectivity index (χ2v) is 5.58. The van der Waals surface area contributed by atoms with Crippen LogP contribution in [0.2, 0.25) is 5.02 Å². The molecule has 0 radical (unpaired) electrons. The van der Waals surface area contributed by atoms with Gasteiger partial charge in [-0.25, -0.2) is 4.79 Å². The Labute approximate surface area is 139 Å². The summed E-state index contributed by atoms with van der Waals surface area (Å²) in [4.78, 5) is 13.4. The number of anilines is 1. The summed E-state index contributed by atoms with van der Waals surface area (Å²) in [7, 11) is 1.31. The predicted octanol–water partition coefficient (Wildman–Crippen LogP) is 2.57. The maximum Gasteiger partial charge on any atom is 0.358 e. The van der Waals surface area contributed by atoms with Crippen molar-refractivity contribution in [3.8, 4) is 5.75 Å². The normalized spacial score (nSPS) is 17.1. The first-order chi connectivity index (χ1) is 11.2. The van der Waals surface area contributed by atoms with Crippen molar-refractivity contribution in [1.29, 1.82) is 0 Å². The van der Waals surface area contributed by atoms with Gasteiger partial charge in [-0.2, -0.15) is 0 Å². The minimum Gasteiger partial charge on any atom is -0.487 e. The van der Waals surface area contributed by atoms with Crippen LogP contribution in [0.25, 0.3) is 0 Å². The lowest BCUT2D eigenvalue weighted by Crippen LogP contribution is -2.25. The predicted molar refractivity (Wildman–Crippen MR) is 86.1 cm³/mol. The highest BCUT2D eigenvalue weighted by molar-refractivity contribution is 6.32. The smallest absolute Gasteiger partial charge is 0.358 e. The van der Waals surface area contributed by atoms with Crippen LogP contribution >= 0.6 is 11.6 Å². The van der Waals surface area contributed by atoms with Gasteiger partial charge in [0, 0.05) is 13.0 Å². The van der Waals surface area contributed by atoms with Crippen molar-refractivity contribution in [3.63, 3.8) is 0 Å². The lowest BCUT2D eigenvalue weighted by molar-refractivity contribution is 0.0592.